The Bertz CT molecular complexity index is 516. The normalized spacial score (nSPS) is 10.1. The lowest BCUT2D eigenvalue weighted by Crippen LogP contribution is -2.29. The molecule has 2 rings (SSSR count). The Morgan fingerprint density at radius 1 is 0.900 bits per heavy atom. The van der Waals surface area contributed by atoms with E-state index < -0.39 is 0 Å². The summed E-state index contributed by atoms with van der Waals surface area (Å²) in [5.74, 6) is -0.0742. The van der Waals surface area contributed by atoms with Crippen LogP contribution in [0.15, 0.2) is 48.5 Å². The monoisotopic (exact) mass is 308 g/mol. The largest absolute Gasteiger partial charge is 0.376 e. The highest BCUT2D eigenvalue weighted by atomic mass is 35.5. The average Bonchev–Trinajstić information content (AvgIpc) is 2.46. The van der Waals surface area contributed by atoms with Gasteiger partial charge in [-0.2, -0.15) is 0 Å². The molecule has 0 saturated heterocycles. The molecule has 0 saturated carbocycles. The maximum absolute atomic E-state index is 11.7. The molecule has 2 aromatic carbocycles. The Balaban J connectivity index is 1.75. The molecule has 0 aliphatic carbocycles. The van der Waals surface area contributed by atoms with Gasteiger partial charge >= 0.3 is 0 Å². The van der Waals surface area contributed by atoms with Crippen LogP contribution in [0.4, 0.5) is 5.69 Å². The van der Waals surface area contributed by atoms with Crippen LogP contribution in [-0.2, 0) is 11.3 Å². The second-order valence-electron chi connectivity index (χ2n) is 4.26. The molecule has 104 valence electrons. The van der Waals surface area contributed by atoms with Crippen molar-refractivity contribution in [1.82, 2.24) is 5.32 Å². The molecule has 2 N–H and O–H groups in total. The van der Waals surface area contributed by atoms with Gasteiger partial charge in [0.15, 0.2) is 0 Å². The Morgan fingerprint density at radius 2 is 1.45 bits per heavy atom. The highest BCUT2D eigenvalue weighted by Gasteiger charge is 2.01. The fourth-order valence-electron chi connectivity index (χ4n) is 1.62. The molecule has 0 bridgehead atoms. The molecule has 0 aromatic heterocycles. The number of amides is 1. The molecule has 2 aromatic rings. The maximum atomic E-state index is 11.7. The summed E-state index contributed by atoms with van der Waals surface area (Å²) in [5.41, 5.74) is 1.87. The first-order chi connectivity index (χ1) is 9.63. The van der Waals surface area contributed by atoms with Crippen molar-refractivity contribution in [3.05, 3.63) is 64.1 Å². The highest BCUT2D eigenvalue weighted by Crippen LogP contribution is 2.13. The van der Waals surface area contributed by atoms with Crippen molar-refractivity contribution in [2.45, 2.75) is 6.54 Å². The number of carbonyl (C=O) groups excluding carboxylic acids is 1. The van der Waals surface area contributed by atoms with Crippen LogP contribution in [0.25, 0.3) is 0 Å². The molecule has 0 fully saturated rings. The number of hydrogen-bond donors (Lipinski definition) is 2. The van der Waals surface area contributed by atoms with Gasteiger partial charge in [-0.05, 0) is 42.0 Å². The number of halogens is 2. The van der Waals surface area contributed by atoms with Crippen molar-refractivity contribution >= 4 is 34.8 Å². The minimum atomic E-state index is -0.0742. The van der Waals surface area contributed by atoms with Gasteiger partial charge in [-0.25, -0.2) is 0 Å². The average molecular weight is 309 g/mol. The smallest absolute Gasteiger partial charge is 0.239 e. The van der Waals surface area contributed by atoms with E-state index in [1.165, 1.54) is 0 Å². The summed E-state index contributed by atoms with van der Waals surface area (Å²) in [5, 5.41) is 7.21. The summed E-state index contributed by atoms with van der Waals surface area (Å²) in [6, 6.07) is 14.6. The van der Waals surface area contributed by atoms with Crippen molar-refractivity contribution < 1.29 is 4.79 Å². The summed E-state index contributed by atoms with van der Waals surface area (Å²) in [6.07, 6.45) is 0. The molecule has 5 heteroatoms. The molecular formula is C15H14Cl2N2O. The van der Waals surface area contributed by atoms with E-state index >= 15 is 0 Å². The molecule has 0 atom stereocenters. The van der Waals surface area contributed by atoms with Gasteiger partial charge in [-0.15, -0.1) is 0 Å². The summed E-state index contributed by atoms with van der Waals surface area (Å²) in [6.45, 7) is 0.702. The first-order valence-electron chi connectivity index (χ1n) is 6.14. The summed E-state index contributed by atoms with van der Waals surface area (Å²) in [7, 11) is 0. The van der Waals surface area contributed by atoms with Crippen LogP contribution in [0.1, 0.15) is 5.56 Å². The summed E-state index contributed by atoms with van der Waals surface area (Å²) < 4.78 is 0. The van der Waals surface area contributed by atoms with Gasteiger partial charge in [0.05, 0.1) is 6.54 Å². The second-order valence-corrected chi connectivity index (χ2v) is 5.14. The van der Waals surface area contributed by atoms with Crippen molar-refractivity contribution in [1.29, 1.82) is 0 Å². The van der Waals surface area contributed by atoms with Gasteiger partial charge in [0.2, 0.25) is 5.91 Å². The maximum Gasteiger partial charge on any atom is 0.239 e. The highest BCUT2D eigenvalue weighted by molar-refractivity contribution is 6.30. The lowest BCUT2D eigenvalue weighted by atomic mass is 10.2. The zero-order valence-electron chi connectivity index (χ0n) is 10.7. The standard InChI is InChI=1S/C15H14Cl2N2O/c16-12-3-1-11(2-4-12)9-19-15(20)10-18-14-7-5-13(17)6-8-14/h1-8,18H,9-10H2,(H,19,20). The van der Waals surface area contributed by atoms with Gasteiger partial charge in [0, 0.05) is 22.3 Å². The molecule has 0 unspecified atom stereocenters. The Labute approximate surface area is 127 Å². The SMILES string of the molecule is O=C(CNc1ccc(Cl)cc1)NCc1ccc(Cl)cc1. The van der Waals surface area contributed by atoms with E-state index in [2.05, 4.69) is 10.6 Å². The minimum Gasteiger partial charge on any atom is -0.376 e. The van der Waals surface area contributed by atoms with Crippen molar-refractivity contribution in [2.75, 3.05) is 11.9 Å². The third-order valence-electron chi connectivity index (χ3n) is 2.70. The Kier molecular flexibility index (Phi) is 5.27. The lowest BCUT2D eigenvalue weighted by molar-refractivity contribution is -0.119. The zero-order valence-corrected chi connectivity index (χ0v) is 12.2. The Hall–Kier alpha value is -1.71. The molecule has 0 radical (unpaired) electrons. The first-order valence-corrected chi connectivity index (χ1v) is 6.89. The quantitative estimate of drug-likeness (QED) is 0.884. The number of hydrogen-bond acceptors (Lipinski definition) is 2. The minimum absolute atomic E-state index is 0.0742. The van der Waals surface area contributed by atoms with Crippen molar-refractivity contribution in [2.24, 2.45) is 0 Å². The molecule has 3 nitrogen and oxygen atoms in total. The van der Waals surface area contributed by atoms with Crippen molar-refractivity contribution in [3.63, 3.8) is 0 Å². The predicted molar refractivity (Wildman–Crippen MR) is 83.2 cm³/mol. The molecule has 0 aliphatic heterocycles. The fourth-order valence-corrected chi connectivity index (χ4v) is 1.87. The Morgan fingerprint density at radius 3 is 2.05 bits per heavy atom. The van der Waals surface area contributed by atoms with E-state index in [1.54, 1.807) is 24.3 Å². The molecule has 0 heterocycles. The van der Waals surface area contributed by atoms with Crippen LogP contribution < -0.4 is 10.6 Å². The van der Waals surface area contributed by atoms with Gasteiger partial charge in [-0.3, -0.25) is 4.79 Å². The van der Waals surface area contributed by atoms with E-state index in [9.17, 15) is 4.79 Å². The van der Waals surface area contributed by atoms with Gasteiger partial charge in [0.1, 0.15) is 0 Å². The topological polar surface area (TPSA) is 41.1 Å². The van der Waals surface area contributed by atoms with Crippen LogP contribution in [0, 0.1) is 0 Å². The molecule has 20 heavy (non-hydrogen) atoms. The second kappa shape index (κ2) is 7.17. The van der Waals surface area contributed by atoms with Crippen LogP contribution >= 0.6 is 23.2 Å². The van der Waals surface area contributed by atoms with Crippen LogP contribution in [0.5, 0.6) is 0 Å². The fraction of sp³-hybridized carbons (Fsp3) is 0.133. The van der Waals surface area contributed by atoms with Crippen molar-refractivity contribution in [3.8, 4) is 0 Å². The van der Waals surface area contributed by atoms with Crippen LogP contribution in [0.2, 0.25) is 10.0 Å². The number of benzene rings is 2. The number of anilines is 1. The van der Waals surface area contributed by atoms with E-state index in [-0.39, 0.29) is 12.5 Å². The first kappa shape index (κ1) is 14.7. The lowest BCUT2D eigenvalue weighted by Gasteiger charge is -2.08. The van der Waals surface area contributed by atoms with Crippen LogP contribution in [-0.4, -0.2) is 12.5 Å². The molecule has 0 spiro atoms. The van der Waals surface area contributed by atoms with Crippen LogP contribution in [0.3, 0.4) is 0 Å². The number of carbonyl (C=O) groups is 1. The van der Waals surface area contributed by atoms with E-state index in [0.717, 1.165) is 11.3 Å². The van der Waals surface area contributed by atoms with E-state index in [1.807, 2.05) is 24.3 Å². The summed E-state index contributed by atoms with van der Waals surface area (Å²) in [4.78, 5) is 11.7. The van der Waals surface area contributed by atoms with Gasteiger partial charge in [0.25, 0.3) is 0 Å². The van der Waals surface area contributed by atoms with Gasteiger partial charge in [-0.1, -0.05) is 35.3 Å². The molecule has 0 aliphatic rings. The van der Waals surface area contributed by atoms with Gasteiger partial charge < -0.3 is 10.6 Å². The third-order valence-corrected chi connectivity index (χ3v) is 3.20. The third kappa shape index (κ3) is 4.76. The number of rotatable bonds is 5. The van der Waals surface area contributed by atoms with E-state index in [4.69, 9.17) is 23.2 Å². The molecular weight excluding hydrogens is 295 g/mol. The predicted octanol–water partition coefficient (Wildman–Crippen LogP) is 3.72. The zero-order chi connectivity index (χ0) is 14.4. The summed E-state index contributed by atoms with van der Waals surface area (Å²) >= 11 is 11.6. The number of nitrogens with one attached hydrogen (secondary N) is 2. The molecule has 1 amide bonds. The van der Waals surface area contributed by atoms with E-state index in [0.29, 0.717) is 16.6 Å².